The van der Waals surface area contributed by atoms with Crippen LogP contribution in [0.4, 0.5) is 0 Å². The summed E-state index contributed by atoms with van der Waals surface area (Å²) in [5.41, 5.74) is 6.16. The third-order valence-corrected chi connectivity index (χ3v) is 5.58. The molecule has 7 heteroatoms. The highest BCUT2D eigenvalue weighted by Crippen LogP contribution is 2.29. The van der Waals surface area contributed by atoms with E-state index in [1.165, 1.54) is 0 Å². The number of benzene rings is 2. The smallest absolute Gasteiger partial charge is 0.257 e. The fourth-order valence-electron chi connectivity index (χ4n) is 4.04. The molecular formula is C27H22N6O. The van der Waals surface area contributed by atoms with Gasteiger partial charge in [0, 0.05) is 18.0 Å². The summed E-state index contributed by atoms with van der Waals surface area (Å²) in [7, 11) is 0. The molecule has 0 aliphatic rings. The third-order valence-electron chi connectivity index (χ3n) is 5.58. The molecule has 0 fully saturated rings. The van der Waals surface area contributed by atoms with Crippen molar-refractivity contribution in [3.05, 3.63) is 89.5 Å². The van der Waals surface area contributed by atoms with Crippen LogP contribution in [0.5, 0.6) is 0 Å². The summed E-state index contributed by atoms with van der Waals surface area (Å²) < 4.78 is 1.61. The summed E-state index contributed by atoms with van der Waals surface area (Å²) in [6.07, 6.45) is 3.42. The number of hydrogen-bond acceptors (Lipinski definition) is 5. The van der Waals surface area contributed by atoms with Gasteiger partial charge in [-0.1, -0.05) is 42.3 Å². The summed E-state index contributed by atoms with van der Waals surface area (Å²) in [5, 5.41) is 7.48. The molecule has 0 spiro atoms. The Labute approximate surface area is 196 Å². The van der Waals surface area contributed by atoms with Gasteiger partial charge >= 0.3 is 0 Å². The van der Waals surface area contributed by atoms with Gasteiger partial charge in [0.25, 0.3) is 5.91 Å². The zero-order valence-electron chi connectivity index (χ0n) is 19.1. The molecule has 0 aliphatic heterocycles. The Kier molecular flexibility index (Phi) is 5.48. The Balaban J connectivity index is 1.61. The molecule has 3 aromatic heterocycles. The van der Waals surface area contributed by atoms with Crippen LogP contribution in [0.3, 0.4) is 0 Å². The average molecular weight is 447 g/mol. The van der Waals surface area contributed by atoms with Crippen LogP contribution in [0.1, 0.15) is 47.2 Å². The molecule has 5 rings (SSSR count). The van der Waals surface area contributed by atoms with Gasteiger partial charge < -0.3 is 5.32 Å². The van der Waals surface area contributed by atoms with E-state index in [2.05, 4.69) is 27.2 Å². The highest BCUT2D eigenvalue weighted by Gasteiger charge is 2.23. The van der Waals surface area contributed by atoms with E-state index in [-0.39, 0.29) is 5.91 Å². The first-order valence-electron chi connectivity index (χ1n) is 11.0. The highest BCUT2D eigenvalue weighted by atomic mass is 16.1. The number of para-hydroxylation sites is 1. The van der Waals surface area contributed by atoms with Crippen molar-refractivity contribution >= 4 is 22.6 Å². The summed E-state index contributed by atoms with van der Waals surface area (Å²) in [4.78, 5) is 27.5. The predicted molar refractivity (Wildman–Crippen MR) is 131 cm³/mol. The molecule has 0 aliphatic carbocycles. The monoisotopic (exact) mass is 446 g/mol. The third kappa shape index (κ3) is 3.76. The van der Waals surface area contributed by atoms with Crippen molar-refractivity contribution < 1.29 is 4.79 Å². The van der Waals surface area contributed by atoms with Gasteiger partial charge in [0.2, 0.25) is 0 Å². The van der Waals surface area contributed by atoms with Crippen molar-refractivity contribution in [2.24, 2.45) is 0 Å². The van der Waals surface area contributed by atoms with E-state index in [4.69, 9.17) is 9.97 Å². The molecular weight excluding hydrogens is 424 g/mol. The Hall–Kier alpha value is -4.57. The molecule has 0 bridgehead atoms. The number of fused-ring (bicyclic) bond motifs is 2. The molecule has 1 atom stereocenters. The Morgan fingerprint density at radius 1 is 1.06 bits per heavy atom. The Bertz CT molecular complexity index is 1590. The lowest BCUT2D eigenvalue weighted by Gasteiger charge is -2.18. The summed E-state index contributed by atoms with van der Waals surface area (Å²) >= 11 is 0. The number of carbonyl (C=O) groups excluding carboxylic acids is 1. The van der Waals surface area contributed by atoms with Crippen LogP contribution in [-0.4, -0.2) is 30.5 Å². The van der Waals surface area contributed by atoms with Gasteiger partial charge in [0.05, 0.1) is 34.2 Å². The van der Waals surface area contributed by atoms with Gasteiger partial charge in [0.1, 0.15) is 11.1 Å². The van der Waals surface area contributed by atoms with E-state index < -0.39 is 6.04 Å². The number of amides is 1. The number of aryl methyl sites for hydroxylation is 1. The van der Waals surface area contributed by atoms with Crippen molar-refractivity contribution in [2.45, 2.75) is 26.8 Å². The van der Waals surface area contributed by atoms with Crippen molar-refractivity contribution in [2.75, 3.05) is 0 Å². The van der Waals surface area contributed by atoms with Crippen molar-refractivity contribution in [3.63, 3.8) is 0 Å². The van der Waals surface area contributed by atoms with Crippen LogP contribution in [0.25, 0.3) is 27.9 Å². The van der Waals surface area contributed by atoms with Gasteiger partial charge in [0.15, 0.2) is 5.65 Å². The Morgan fingerprint density at radius 2 is 1.88 bits per heavy atom. The van der Waals surface area contributed by atoms with Gasteiger partial charge in [-0.2, -0.15) is 5.10 Å². The maximum Gasteiger partial charge on any atom is 0.257 e. The van der Waals surface area contributed by atoms with Gasteiger partial charge in [-0.05, 0) is 39.0 Å². The van der Waals surface area contributed by atoms with E-state index in [9.17, 15) is 4.79 Å². The number of rotatable bonds is 4. The second-order valence-corrected chi connectivity index (χ2v) is 7.92. The number of aromatic nitrogens is 5. The van der Waals surface area contributed by atoms with E-state index in [1.807, 2.05) is 55.5 Å². The van der Waals surface area contributed by atoms with Crippen LogP contribution in [0.15, 0.2) is 67.0 Å². The van der Waals surface area contributed by atoms with Gasteiger partial charge in [-0.25, -0.2) is 19.5 Å². The van der Waals surface area contributed by atoms with Crippen molar-refractivity contribution in [1.29, 1.82) is 0 Å². The summed E-state index contributed by atoms with van der Waals surface area (Å²) in [6.45, 7) is 5.51. The van der Waals surface area contributed by atoms with Crippen LogP contribution in [-0.2, 0) is 0 Å². The summed E-state index contributed by atoms with van der Waals surface area (Å²) in [5.74, 6) is 5.80. The van der Waals surface area contributed by atoms with Crippen LogP contribution >= 0.6 is 0 Å². The molecule has 1 N–H and O–H groups in total. The van der Waals surface area contributed by atoms with Gasteiger partial charge in [-0.3, -0.25) is 4.79 Å². The fourth-order valence-corrected chi connectivity index (χ4v) is 4.04. The quantitative estimate of drug-likeness (QED) is 0.411. The molecule has 5 aromatic rings. The average Bonchev–Trinajstić information content (AvgIpc) is 3.20. The van der Waals surface area contributed by atoms with Gasteiger partial charge in [-0.15, -0.1) is 5.92 Å². The molecule has 34 heavy (non-hydrogen) atoms. The van der Waals surface area contributed by atoms with E-state index in [0.29, 0.717) is 28.3 Å². The SMILES string of the molecule is CC#Cc1cccc2nc([C@@H](C)NC(=O)c3c(C)nn4cccnc34)c(-c3ccccc3)nc12. The normalized spacial score (nSPS) is 11.7. The lowest BCUT2D eigenvalue weighted by atomic mass is 10.0. The number of nitrogens with one attached hydrogen (secondary N) is 1. The summed E-state index contributed by atoms with van der Waals surface area (Å²) in [6, 6.07) is 17.0. The first-order chi connectivity index (χ1) is 16.6. The zero-order chi connectivity index (χ0) is 23.7. The van der Waals surface area contributed by atoms with Crippen molar-refractivity contribution in [1.82, 2.24) is 29.9 Å². The number of nitrogens with zero attached hydrogens (tertiary/aromatic N) is 5. The molecule has 7 nitrogen and oxygen atoms in total. The molecule has 3 heterocycles. The van der Waals surface area contributed by atoms with Crippen molar-refractivity contribution in [3.8, 4) is 23.1 Å². The van der Waals surface area contributed by atoms with E-state index in [1.54, 1.807) is 36.8 Å². The maximum absolute atomic E-state index is 13.3. The predicted octanol–water partition coefficient (Wildman–Crippen LogP) is 4.51. The van der Waals surface area contributed by atoms with Crippen LogP contribution in [0, 0.1) is 18.8 Å². The van der Waals surface area contributed by atoms with E-state index in [0.717, 1.165) is 22.2 Å². The molecule has 1 amide bonds. The maximum atomic E-state index is 13.3. The first kappa shape index (κ1) is 21.3. The molecule has 0 saturated carbocycles. The first-order valence-corrected chi connectivity index (χ1v) is 11.0. The molecule has 0 saturated heterocycles. The molecule has 2 aromatic carbocycles. The van der Waals surface area contributed by atoms with Crippen LogP contribution < -0.4 is 5.32 Å². The molecule has 0 radical (unpaired) electrons. The minimum atomic E-state index is -0.418. The number of carbonyl (C=O) groups is 1. The fraction of sp³-hybridized carbons (Fsp3) is 0.148. The number of hydrogen-bond donors (Lipinski definition) is 1. The van der Waals surface area contributed by atoms with Crippen LogP contribution in [0.2, 0.25) is 0 Å². The Morgan fingerprint density at radius 3 is 2.68 bits per heavy atom. The second-order valence-electron chi connectivity index (χ2n) is 7.92. The largest absolute Gasteiger partial charge is 0.344 e. The molecule has 0 unspecified atom stereocenters. The minimum absolute atomic E-state index is 0.259. The highest BCUT2D eigenvalue weighted by molar-refractivity contribution is 6.01. The second kappa shape index (κ2) is 8.75. The minimum Gasteiger partial charge on any atom is -0.344 e. The topological polar surface area (TPSA) is 85.1 Å². The zero-order valence-corrected chi connectivity index (χ0v) is 19.1. The molecule has 166 valence electrons. The lowest BCUT2D eigenvalue weighted by molar-refractivity contribution is 0.0940. The lowest BCUT2D eigenvalue weighted by Crippen LogP contribution is -2.28. The van der Waals surface area contributed by atoms with E-state index >= 15 is 0 Å². The standard InChI is InChI=1S/C27H22N6O/c1-4-10-19-13-8-14-21-24(19)31-25(20-11-6-5-7-12-20)23(30-21)18(3)29-27(34)22-17(2)32-33-16-9-15-28-26(22)33/h5-9,11-16,18H,1-3H3,(H,29,34)/t18-/m1/s1.